The highest BCUT2D eigenvalue weighted by atomic mass is 35.5. The van der Waals surface area contributed by atoms with Crippen LogP contribution in [0.5, 0.6) is 5.75 Å². The van der Waals surface area contributed by atoms with Crippen molar-refractivity contribution >= 4 is 17.5 Å². The van der Waals surface area contributed by atoms with Gasteiger partial charge in [0, 0.05) is 0 Å². The maximum Gasteiger partial charge on any atom is 0.255 e. The number of halogens is 1. The molecule has 0 saturated heterocycles. The number of carbonyl (C=O) groups excluding carboxylic acids is 1. The lowest BCUT2D eigenvalue weighted by Gasteiger charge is -2.12. The van der Waals surface area contributed by atoms with Crippen LogP contribution in [0, 0.1) is 6.92 Å². The average molecular weight is 292 g/mol. The number of aryl methyl sites for hydroxylation is 1. The molecule has 1 aromatic heterocycles. The van der Waals surface area contributed by atoms with Crippen LogP contribution in [0.3, 0.4) is 0 Å². The fraction of sp³-hybridized carbons (Fsp3) is 0.267. The molecule has 0 spiro atoms. The van der Waals surface area contributed by atoms with Crippen LogP contribution in [0.15, 0.2) is 34.9 Å². The zero-order valence-corrected chi connectivity index (χ0v) is 11.7. The Kier molecular flexibility index (Phi) is 3.40. The van der Waals surface area contributed by atoms with E-state index in [2.05, 4.69) is 5.32 Å². The Labute approximate surface area is 121 Å². The summed E-state index contributed by atoms with van der Waals surface area (Å²) in [7, 11) is 0. The van der Waals surface area contributed by atoms with Crippen molar-refractivity contribution in [2.75, 3.05) is 13.2 Å². The second-order valence-corrected chi connectivity index (χ2v) is 5.13. The SMILES string of the molecule is Cc1ccoc1C(Cl)c1ccc2c(c1)C(=O)NCCO2. The highest BCUT2D eigenvalue weighted by Gasteiger charge is 2.21. The second kappa shape index (κ2) is 5.21. The van der Waals surface area contributed by atoms with Crippen molar-refractivity contribution in [1.29, 1.82) is 0 Å². The molecule has 1 aliphatic rings. The normalized spacial score (nSPS) is 15.8. The van der Waals surface area contributed by atoms with E-state index in [1.807, 2.05) is 19.1 Å². The van der Waals surface area contributed by atoms with E-state index in [1.165, 1.54) is 0 Å². The quantitative estimate of drug-likeness (QED) is 0.865. The van der Waals surface area contributed by atoms with Crippen molar-refractivity contribution in [2.45, 2.75) is 12.3 Å². The number of hydrogen-bond acceptors (Lipinski definition) is 3. The highest BCUT2D eigenvalue weighted by Crippen LogP contribution is 2.34. The van der Waals surface area contributed by atoms with E-state index in [0.29, 0.717) is 30.2 Å². The Bertz CT molecular complexity index is 650. The highest BCUT2D eigenvalue weighted by molar-refractivity contribution is 6.22. The number of furan rings is 1. The molecule has 0 fully saturated rings. The summed E-state index contributed by atoms with van der Waals surface area (Å²) in [6, 6.07) is 7.26. The summed E-state index contributed by atoms with van der Waals surface area (Å²) in [5, 5.41) is 2.36. The van der Waals surface area contributed by atoms with Gasteiger partial charge < -0.3 is 14.5 Å². The zero-order chi connectivity index (χ0) is 14.1. The predicted molar refractivity (Wildman–Crippen MR) is 75.4 cm³/mol. The largest absolute Gasteiger partial charge is 0.491 e. The molecule has 0 bridgehead atoms. The summed E-state index contributed by atoms with van der Waals surface area (Å²) in [6.07, 6.45) is 1.61. The maximum atomic E-state index is 12.0. The van der Waals surface area contributed by atoms with E-state index in [4.69, 9.17) is 20.8 Å². The minimum Gasteiger partial charge on any atom is -0.491 e. The lowest BCUT2D eigenvalue weighted by Crippen LogP contribution is -2.24. The summed E-state index contributed by atoms with van der Waals surface area (Å²) >= 11 is 6.44. The first-order valence-corrected chi connectivity index (χ1v) is 6.83. The van der Waals surface area contributed by atoms with Crippen molar-refractivity contribution in [3.05, 3.63) is 53.0 Å². The first-order chi connectivity index (χ1) is 9.66. The summed E-state index contributed by atoms with van der Waals surface area (Å²) in [4.78, 5) is 12.0. The van der Waals surface area contributed by atoms with Crippen LogP contribution in [0.2, 0.25) is 0 Å². The van der Waals surface area contributed by atoms with Gasteiger partial charge in [0.15, 0.2) is 0 Å². The van der Waals surface area contributed by atoms with Gasteiger partial charge >= 0.3 is 0 Å². The fourth-order valence-electron chi connectivity index (χ4n) is 2.22. The number of amides is 1. The first-order valence-electron chi connectivity index (χ1n) is 6.40. The number of benzene rings is 1. The molecule has 0 aliphatic carbocycles. The van der Waals surface area contributed by atoms with Crippen molar-refractivity contribution in [3.63, 3.8) is 0 Å². The van der Waals surface area contributed by atoms with Crippen molar-refractivity contribution in [3.8, 4) is 5.75 Å². The van der Waals surface area contributed by atoms with Crippen LogP contribution in [0.1, 0.15) is 32.6 Å². The van der Waals surface area contributed by atoms with E-state index in [0.717, 1.165) is 11.1 Å². The monoisotopic (exact) mass is 291 g/mol. The fourth-order valence-corrected chi connectivity index (χ4v) is 2.58. The number of carbonyl (C=O) groups is 1. The van der Waals surface area contributed by atoms with Crippen LogP contribution in [0.4, 0.5) is 0 Å². The minimum absolute atomic E-state index is 0.139. The number of fused-ring (bicyclic) bond motifs is 1. The summed E-state index contributed by atoms with van der Waals surface area (Å²) < 4.78 is 10.9. The summed E-state index contributed by atoms with van der Waals surface area (Å²) in [6.45, 7) is 2.91. The number of alkyl halides is 1. The maximum absolute atomic E-state index is 12.0. The molecule has 1 aliphatic heterocycles. The van der Waals surface area contributed by atoms with Gasteiger partial charge in [0.05, 0.1) is 18.4 Å². The van der Waals surface area contributed by atoms with Gasteiger partial charge in [0.2, 0.25) is 0 Å². The van der Waals surface area contributed by atoms with Gasteiger partial charge in [-0.15, -0.1) is 11.6 Å². The number of hydrogen-bond donors (Lipinski definition) is 1. The molecule has 20 heavy (non-hydrogen) atoms. The molecular weight excluding hydrogens is 278 g/mol. The molecule has 1 unspecified atom stereocenters. The average Bonchev–Trinajstić information content (AvgIpc) is 2.79. The number of rotatable bonds is 2. The third-order valence-corrected chi connectivity index (χ3v) is 3.77. The van der Waals surface area contributed by atoms with E-state index < -0.39 is 5.38 Å². The first kappa shape index (κ1) is 13.1. The predicted octanol–water partition coefficient (Wildman–Crippen LogP) is 3.04. The molecule has 1 amide bonds. The minimum atomic E-state index is -0.425. The molecule has 0 radical (unpaired) electrons. The van der Waals surface area contributed by atoms with Gasteiger partial charge in [-0.2, -0.15) is 0 Å². The Morgan fingerprint density at radius 1 is 1.35 bits per heavy atom. The van der Waals surface area contributed by atoms with Gasteiger partial charge in [-0.25, -0.2) is 0 Å². The van der Waals surface area contributed by atoms with E-state index in [9.17, 15) is 4.79 Å². The molecule has 5 heteroatoms. The molecule has 2 aromatic rings. The van der Waals surface area contributed by atoms with Gasteiger partial charge in [-0.3, -0.25) is 4.79 Å². The van der Waals surface area contributed by atoms with E-state index in [1.54, 1.807) is 18.4 Å². The molecule has 3 rings (SSSR count). The molecule has 1 atom stereocenters. The van der Waals surface area contributed by atoms with Crippen molar-refractivity contribution in [1.82, 2.24) is 5.32 Å². The lowest BCUT2D eigenvalue weighted by atomic mass is 10.0. The molecule has 1 N–H and O–H groups in total. The molecule has 104 valence electrons. The second-order valence-electron chi connectivity index (χ2n) is 4.69. The molecule has 4 nitrogen and oxygen atoms in total. The van der Waals surface area contributed by atoms with Gasteiger partial charge in [-0.05, 0) is 36.2 Å². The molecule has 0 saturated carbocycles. The number of ether oxygens (including phenoxy) is 1. The third-order valence-electron chi connectivity index (χ3n) is 3.32. The van der Waals surface area contributed by atoms with Crippen molar-refractivity contribution in [2.24, 2.45) is 0 Å². The standard InChI is InChI=1S/C15H14ClNO3/c1-9-4-6-20-14(9)13(16)10-2-3-12-11(8-10)15(18)17-5-7-19-12/h2-4,6,8,13H,5,7H2,1H3,(H,17,18). The third kappa shape index (κ3) is 2.27. The summed E-state index contributed by atoms with van der Waals surface area (Å²) in [5.41, 5.74) is 2.31. The van der Waals surface area contributed by atoms with Crippen LogP contribution < -0.4 is 10.1 Å². The van der Waals surface area contributed by atoms with Gasteiger partial charge in [-0.1, -0.05) is 6.07 Å². The molecular formula is C15H14ClNO3. The Balaban J connectivity index is 2.00. The van der Waals surface area contributed by atoms with Crippen LogP contribution >= 0.6 is 11.6 Å². The van der Waals surface area contributed by atoms with Crippen LogP contribution in [-0.2, 0) is 0 Å². The Morgan fingerprint density at radius 2 is 2.20 bits per heavy atom. The van der Waals surface area contributed by atoms with Gasteiger partial charge in [0.25, 0.3) is 5.91 Å². The smallest absolute Gasteiger partial charge is 0.255 e. The van der Waals surface area contributed by atoms with E-state index >= 15 is 0 Å². The topological polar surface area (TPSA) is 51.5 Å². The Hall–Kier alpha value is -1.94. The summed E-state index contributed by atoms with van der Waals surface area (Å²) in [5.74, 6) is 1.14. The van der Waals surface area contributed by atoms with Crippen LogP contribution in [0.25, 0.3) is 0 Å². The number of nitrogens with one attached hydrogen (secondary N) is 1. The van der Waals surface area contributed by atoms with Crippen LogP contribution in [-0.4, -0.2) is 19.1 Å². The van der Waals surface area contributed by atoms with E-state index in [-0.39, 0.29) is 5.91 Å². The lowest BCUT2D eigenvalue weighted by molar-refractivity contribution is 0.0957. The van der Waals surface area contributed by atoms with Gasteiger partial charge in [0.1, 0.15) is 23.5 Å². The van der Waals surface area contributed by atoms with Crippen molar-refractivity contribution < 1.29 is 13.9 Å². The zero-order valence-electron chi connectivity index (χ0n) is 11.0. The molecule has 1 aromatic carbocycles. The molecule has 2 heterocycles. The Morgan fingerprint density at radius 3 is 2.95 bits per heavy atom.